The summed E-state index contributed by atoms with van der Waals surface area (Å²) in [5.74, 6) is 0. The van der Waals surface area contributed by atoms with E-state index in [1.54, 1.807) is 126 Å². The van der Waals surface area contributed by atoms with E-state index in [1.807, 2.05) is 77.9 Å². The van der Waals surface area contributed by atoms with Crippen molar-refractivity contribution in [3.8, 4) is 67.0 Å². The third-order valence-electron chi connectivity index (χ3n) is 26.5. The molecule has 0 aliphatic carbocycles. The van der Waals surface area contributed by atoms with E-state index in [4.69, 9.17) is 0 Å². The molecule has 0 radical (unpaired) electrons. The summed E-state index contributed by atoms with van der Waals surface area (Å²) in [5.41, 5.74) is -7.64. The van der Waals surface area contributed by atoms with Crippen LogP contribution in [-0.2, 0) is 59.6 Å². The molecule has 0 amide bonds. The lowest BCUT2D eigenvalue weighted by Crippen LogP contribution is -2.61. The van der Waals surface area contributed by atoms with Crippen molar-refractivity contribution in [3.05, 3.63) is 327 Å². The van der Waals surface area contributed by atoms with Gasteiger partial charge in [0, 0.05) is 72.2 Å². The molecule has 0 saturated carbocycles. The lowest BCUT2D eigenvalue weighted by atomic mass is 9.33. The molecule has 0 atom stereocenters. The molecule has 18 rings (SSSR count). The van der Waals surface area contributed by atoms with Crippen molar-refractivity contribution in [1.82, 2.24) is 9.13 Å². The maximum absolute atomic E-state index is 12.1. The number of nitrogens with zero attached hydrogens (tertiary/aromatic N) is 4. The number of hydrogen-bond acceptors (Lipinski definition) is 2. The average molecular weight is 1780 g/mol. The molecule has 5 heteroatoms. The molecule has 14 aromatic carbocycles. The van der Waals surface area contributed by atoms with Gasteiger partial charge in [-0.2, -0.15) is 0 Å². The normalized spacial score (nSPS) is 16.7. The molecule has 16 aromatic rings. The number of rotatable bonds is 9. The predicted molar refractivity (Wildman–Crippen MR) is 582 cm³/mol. The molecule has 0 unspecified atom stereocenters. The van der Waals surface area contributed by atoms with Crippen LogP contribution in [0.4, 0.5) is 34.1 Å². The fourth-order valence-electron chi connectivity index (χ4n) is 18.7. The standard InChI is InChI=1S/C128H143BN4/c1-118(2,3)83-52-45-78(46-53-83)96-71-90(125(22,23)24)72-97(79-47-54-84(55-48-79)119(4,5)6)116(96)132-110-67-81(82-65-88(123(16,17)18)68-89(66-82)124(19,20)21)51-61-104(110)129-105-62-60-92(130-108-63-58-86(121(10,11)12)69-99(108)100-70-87(122(13,14)15)59-64-109(100)130)75-111(105)133(113-77-93(76-112(132)115(113)129)131-106-43-36-34-39-94(106)95-40-35-37-44-107(95)131)117-98(80-49-56-85(57-50-80)120(7,8)9)73-91(126(25,26)27)74-101(117)114-102(127(28,29)30)41-38-42-103(114)128(31,32)33/h34-77H,1-33H3/i34D,35D,36D,37D,38D,39D,40D,41D,42D,43D,44D,45D,46D,47D,48D,49D,50D,52D,53D,54D,55D,56D,57D,71D,72D,73D,74D. The van der Waals surface area contributed by atoms with Gasteiger partial charge in [0.15, 0.2) is 0 Å². The van der Waals surface area contributed by atoms with Gasteiger partial charge in [-0.15, -0.1) is 0 Å². The van der Waals surface area contributed by atoms with E-state index < -0.39 is 274 Å². The van der Waals surface area contributed by atoms with E-state index in [1.165, 1.54) is 4.57 Å². The first-order valence-electron chi connectivity index (χ1n) is 60.4. The first kappa shape index (κ1) is 64.3. The molecule has 0 spiro atoms. The molecule has 0 fully saturated rings. The van der Waals surface area contributed by atoms with Crippen molar-refractivity contribution >= 4 is 101 Å². The number of fused-ring (bicyclic) bond motifs is 10. The molecule has 4 nitrogen and oxygen atoms in total. The molecule has 678 valence electrons. The Balaban J connectivity index is 1.26. The lowest BCUT2D eigenvalue weighted by molar-refractivity contribution is 0.569. The van der Waals surface area contributed by atoms with Crippen LogP contribution in [0.25, 0.3) is 111 Å². The van der Waals surface area contributed by atoms with Crippen LogP contribution in [0, 0.1) is 0 Å². The van der Waals surface area contributed by atoms with Crippen molar-refractivity contribution in [1.29, 1.82) is 0 Å². The number of anilines is 6. The van der Waals surface area contributed by atoms with Gasteiger partial charge in [-0.25, -0.2) is 0 Å². The summed E-state index contributed by atoms with van der Waals surface area (Å²) in [6.45, 7) is 61.6. The van der Waals surface area contributed by atoms with Gasteiger partial charge in [0.25, 0.3) is 6.71 Å². The first-order chi connectivity index (χ1) is 73.2. The monoisotopic (exact) mass is 1770 g/mol. The molecule has 0 saturated heterocycles. The summed E-state index contributed by atoms with van der Waals surface area (Å²) < 4.78 is 294. The van der Waals surface area contributed by atoms with Gasteiger partial charge in [-0.3, -0.25) is 0 Å². The average Bonchev–Trinajstić information content (AvgIpc) is 1.06. The van der Waals surface area contributed by atoms with Crippen LogP contribution in [-0.4, -0.2) is 15.8 Å². The van der Waals surface area contributed by atoms with Crippen molar-refractivity contribution in [2.24, 2.45) is 0 Å². The quantitative estimate of drug-likeness (QED) is 0.134. The third kappa shape index (κ3) is 16.4. The number of benzene rings is 14. The Hall–Kier alpha value is -11.7. The van der Waals surface area contributed by atoms with E-state index in [9.17, 15) is 37.0 Å². The van der Waals surface area contributed by atoms with Gasteiger partial charge in [0.1, 0.15) is 0 Å². The van der Waals surface area contributed by atoms with E-state index in [2.05, 4.69) is 142 Å². The minimum atomic E-state index is -1.41. The van der Waals surface area contributed by atoms with Gasteiger partial charge in [-0.05, 0) is 261 Å². The molecule has 2 aliphatic heterocycles. The van der Waals surface area contributed by atoms with Crippen LogP contribution in [0.5, 0.6) is 0 Å². The molecular weight excluding hydrogens is 1600 g/mol. The van der Waals surface area contributed by atoms with Gasteiger partial charge in [0.2, 0.25) is 0 Å². The number of aromatic nitrogens is 2. The second-order valence-corrected chi connectivity index (χ2v) is 48.3. The molecular formula is C128H143BN4. The van der Waals surface area contributed by atoms with E-state index in [0.717, 1.165) is 44.1 Å². The fourth-order valence-corrected chi connectivity index (χ4v) is 18.7. The summed E-state index contributed by atoms with van der Waals surface area (Å²) in [6, 6.07) is 17.3. The van der Waals surface area contributed by atoms with Crippen LogP contribution in [0.2, 0.25) is 0 Å². The molecule has 2 aliphatic rings. The van der Waals surface area contributed by atoms with Crippen molar-refractivity contribution in [3.63, 3.8) is 0 Å². The highest BCUT2D eigenvalue weighted by Crippen LogP contribution is 2.59. The smallest absolute Gasteiger partial charge is 0.252 e. The third-order valence-corrected chi connectivity index (χ3v) is 26.5. The molecule has 0 bridgehead atoms. The first-order valence-corrected chi connectivity index (χ1v) is 46.9. The van der Waals surface area contributed by atoms with Gasteiger partial charge in [0.05, 0.1) is 76.1 Å². The predicted octanol–water partition coefficient (Wildman–Crippen LogP) is 34.6. The van der Waals surface area contributed by atoms with E-state index >= 15 is 0 Å². The second-order valence-electron chi connectivity index (χ2n) is 48.3. The highest BCUT2D eigenvalue weighted by Gasteiger charge is 2.48. The Morgan fingerprint density at radius 2 is 0.564 bits per heavy atom. The number of hydrogen-bond donors (Lipinski definition) is 0. The topological polar surface area (TPSA) is 16.3 Å². The van der Waals surface area contributed by atoms with Crippen LogP contribution in [0.1, 0.15) is 327 Å². The maximum Gasteiger partial charge on any atom is 0.252 e. The zero-order valence-electron chi connectivity index (χ0n) is 111. The summed E-state index contributed by atoms with van der Waals surface area (Å²) >= 11 is 0. The summed E-state index contributed by atoms with van der Waals surface area (Å²) in [7, 11) is 0. The highest BCUT2D eigenvalue weighted by atomic mass is 15.2. The SMILES string of the molecule is [2H]c1c([2H])c(C(C)(C)C)c(-c2c([2H])c(C(C)(C)C)c([2H])c(-c3c([2H])c([2H])c(C(C)(C)C)c([2H])c3[2H])c2N2c3cc(-n4c5ccc(C(C)(C)C)cc5c5cc(C(C)(C)C)ccc54)ccc3B3c4ccc(-c5cc(C(C)(C)C)cc(C(C)(C)C)c5)cc4N(c4c(-c5c([2H])c([2H])c(C(C)(C)C)c([2H])c5[2H])c([2H])c(C(C)(C)C)c([2H])c4-c4c([2H])c([2H])c(C(C)(C)C)c([2H])c4[2H])c4cc(-n5c6c([2H])c([2H])c([2H])c([2H])c6c6c([2H])c([2H])c([2H])c([2H])c65)cc2c43)c(C(C)(C)C)c1[2H]. The minimum absolute atomic E-state index is 0.00719. The molecule has 2 aromatic heterocycles. The fraction of sp³-hybridized carbons (Fsp3) is 0.344. The molecule has 0 N–H and O–H groups in total. The number of para-hydroxylation sites is 2. The van der Waals surface area contributed by atoms with Crippen LogP contribution < -0.4 is 26.2 Å². The van der Waals surface area contributed by atoms with Crippen molar-refractivity contribution in [2.75, 3.05) is 9.80 Å². The minimum Gasteiger partial charge on any atom is -0.310 e. The lowest BCUT2D eigenvalue weighted by Gasteiger charge is -2.46. The maximum atomic E-state index is 12.1. The molecule has 133 heavy (non-hydrogen) atoms. The Morgan fingerprint density at radius 3 is 0.940 bits per heavy atom. The van der Waals surface area contributed by atoms with Gasteiger partial charge in [-0.1, -0.05) is 404 Å². The Kier molecular flexibility index (Phi) is 15.2. The Morgan fingerprint density at radius 1 is 0.226 bits per heavy atom. The zero-order chi connectivity index (χ0) is 119. The summed E-state index contributed by atoms with van der Waals surface area (Å²) in [4.78, 5) is 3.42. The zero-order valence-corrected chi connectivity index (χ0v) is 84.2. The van der Waals surface area contributed by atoms with Crippen molar-refractivity contribution in [2.45, 2.75) is 288 Å². The van der Waals surface area contributed by atoms with E-state index in [-0.39, 0.29) is 106 Å². The summed E-state index contributed by atoms with van der Waals surface area (Å²) in [5, 5.41) is 0.959. The Bertz CT molecular complexity index is 8700. The van der Waals surface area contributed by atoms with Crippen LogP contribution >= 0.6 is 0 Å². The Labute approximate surface area is 835 Å². The van der Waals surface area contributed by atoms with Gasteiger partial charge >= 0.3 is 0 Å². The molecule has 4 heterocycles. The van der Waals surface area contributed by atoms with E-state index in [0.29, 0.717) is 27.7 Å². The van der Waals surface area contributed by atoms with Crippen molar-refractivity contribution < 1.29 is 37.0 Å². The highest BCUT2D eigenvalue weighted by molar-refractivity contribution is 7.00. The largest absolute Gasteiger partial charge is 0.310 e. The van der Waals surface area contributed by atoms with Crippen LogP contribution in [0.3, 0.4) is 0 Å². The summed E-state index contributed by atoms with van der Waals surface area (Å²) in [6.07, 6.45) is 0. The van der Waals surface area contributed by atoms with Crippen LogP contribution in [0.15, 0.2) is 266 Å². The second kappa shape index (κ2) is 31.5. The van der Waals surface area contributed by atoms with Gasteiger partial charge < -0.3 is 18.9 Å².